The van der Waals surface area contributed by atoms with Crippen molar-refractivity contribution in [1.29, 1.82) is 0 Å². The van der Waals surface area contributed by atoms with E-state index < -0.39 is 27.8 Å². The first-order valence-corrected chi connectivity index (χ1v) is 12.8. The van der Waals surface area contributed by atoms with Gasteiger partial charge in [-0.15, -0.1) is 0 Å². The predicted octanol–water partition coefficient (Wildman–Crippen LogP) is 4.93. The van der Waals surface area contributed by atoms with E-state index >= 15 is 0 Å². The van der Waals surface area contributed by atoms with E-state index in [4.69, 9.17) is 4.74 Å². The van der Waals surface area contributed by atoms with Crippen LogP contribution in [0.2, 0.25) is 0 Å². The molecule has 4 aromatic carbocycles. The molecule has 184 valence electrons. The average molecular weight is 505 g/mol. The molecule has 6 nitrogen and oxygen atoms in total. The minimum absolute atomic E-state index is 0.130. The van der Waals surface area contributed by atoms with Gasteiger partial charge in [0.1, 0.15) is 24.2 Å². The second-order valence-electron chi connectivity index (χ2n) is 8.11. The number of anilines is 1. The van der Waals surface area contributed by atoms with E-state index in [9.17, 15) is 17.6 Å². The standard InChI is InChI=1S/C28H25FN2O4S/c29-23-11-17-26(18-12-23)36(33,34)31-27(19-21-7-3-1-4-8-21)28(32)30-24-13-15-25(16-14-24)35-20-22-9-5-2-6-10-22/h1-18,27,31H,19-20H2,(H,30,32)/t27-/m1/s1. The average Bonchev–Trinajstić information content (AvgIpc) is 2.89. The van der Waals surface area contributed by atoms with Gasteiger partial charge in [0, 0.05) is 5.69 Å². The largest absolute Gasteiger partial charge is 0.489 e. The Kier molecular flexibility index (Phi) is 8.10. The van der Waals surface area contributed by atoms with Crippen LogP contribution in [0.3, 0.4) is 0 Å². The highest BCUT2D eigenvalue weighted by Gasteiger charge is 2.26. The normalized spacial score (nSPS) is 12.0. The van der Waals surface area contributed by atoms with Crippen LogP contribution in [0.1, 0.15) is 11.1 Å². The zero-order chi connectivity index (χ0) is 25.4. The molecule has 36 heavy (non-hydrogen) atoms. The van der Waals surface area contributed by atoms with Crippen LogP contribution in [0.4, 0.5) is 10.1 Å². The number of hydrogen-bond acceptors (Lipinski definition) is 4. The highest BCUT2D eigenvalue weighted by atomic mass is 32.2. The summed E-state index contributed by atoms with van der Waals surface area (Å²) in [5.74, 6) is -0.444. The smallest absolute Gasteiger partial charge is 0.242 e. The van der Waals surface area contributed by atoms with Crippen molar-refractivity contribution in [3.8, 4) is 5.75 Å². The maximum absolute atomic E-state index is 13.3. The molecule has 0 aromatic heterocycles. The summed E-state index contributed by atoms with van der Waals surface area (Å²) >= 11 is 0. The molecule has 0 aliphatic carbocycles. The summed E-state index contributed by atoms with van der Waals surface area (Å²) in [6.45, 7) is 0.414. The van der Waals surface area contributed by atoms with Gasteiger partial charge < -0.3 is 10.1 Å². The Labute approximate surface area is 209 Å². The van der Waals surface area contributed by atoms with Crippen molar-refractivity contribution in [2.24, 2.45) is 0 Å². The summed E-state index contributed by atoms with van der Waals surface area (Å²) in [5.41, 5.74) is 2.31. The Hall–Kier alpha value is -4.01. The number of amides is 1. The third kappa shape index (κ3) is 7.00. The van der Waals surface area contributed by atoms with Crippen molar-refractivity contribution < 1.29 is 22.3 Å². The SMILES string of the molecule is O=C(Nc1ccc(OCc2ccccc2)cc1)[C@@H](Cc1ccccc1)NS(=O)(=O)c1ccc(F)cc1. The second kappa shape index (κ2) is 11.6. The number of carbonyl (C=O) groups excluding carboxylic acids is 1. The molecule has 0 aliphatic rings. The first kappa shape index (κ1) is 25.1. The van der Waals surface area contributed by atoms with Crippen molar-refractivity contribution in [2.75, 3.05) is 5.32 Å². The van der Waals surface area contributed by atoms with Crippen molar-refractivity contribution >= 4 is 21.6 Å². The molecule has 2 N–H and O–H groups in total. The van der Waals surface area contributed by atoms with Gasteiger partial charge in [-0.1, -0.05) is 60.7 Å². The molecule has 1 amide bonds. The lowest BCUT2D eigenvalue weighted by molar-refractivity contribution is -0.117. The van der Waals surface area contributed by atoms with Crippen LogP contribution >= 0.6 is 0 Å². The number of hydrogen-bond donors (Lipinski definition) is 2. The maximum atomic E-state index is 13.3. The molecule has 8 heteroatoms. The van der Waals surface area contributed by atoms with Gasteiger partial charge >= 0.3 is 0 Å². The summed E-state index contributed by atoms with van der Waals surface area (Å²) in [7, 11) is -4.07. The van der Waals surface area contributed by atoms with Crippen LogP contribution in [0.25, 0.3) is 0 Å². The number of carbonyl (C=O) groups is 1. The fourth-order valence-corrected chi connectivity index (χ4v) is 4.71. The van der Waals surface area contributed by atoms with Crippen LogP contribution in [0, 0.1) is 5.82 Å². The van der Waals surface area contributed by atoms with Crippen molar-refractivity contribution in [2.45, 2.75) is 24.0 Å². The number of sulfonamides is 1. The van der Waals surface area contributed by atoms with E-state index in [-0.39, 0.29) is 11.3 Å². The fraction of sp³-hybridized carbons (Fsp3) is 0.107. The first-order chi connectivity index (χ1) is 17.4. The summed E-state index contributed by atoms with van der Waals surface area (Å²) in [6, 6.07) is 29.0. The number of rotatable bonds is 10. The lowest BCUT2D eigenvalue weighted by Crippen LogP contribution is -2.45. The van der Waals surface area contributed by atoms with Gasteiger partial charge in [-0.3, -0.25) is 4.79 Å². The van der Waals surface area contributed by atoms with Crippen molar-refractivity contribution in [1.82, 2.24) is 4.72 Å². The molecule has 0 fully saturated rings. The van der Waals surface area contributed by atoms with E-state index in [1.807, 2.05) is 60.7 Å². The monoisotopic (exact) mass is 504 g/mol. The minimum atomic E-state index is -4.07. The van der Waals surface area contributed by atoms with Crippen LogP contribution in [-0.2, 0) is 27.8 Å². The Bertz CT molecular complexity index is 1380. The topological polar surface area (TPSA) is 84.5 Å². The Morgan fingerprint density at radius 3 is 1.97 bits per heavy atom. The lowest BCUT2D eigenvalue weighted by Gasteiger charge is -2.19. The lowest BCUT2D eigenvalue weighted by atomic mass is 10.1. The Morgan fingerprint density at radius 1 is 0.778 bits per heavy atom. The number of benzene rings is 4. The molecule has 0 radical (unpaired) electrons. The fourth-order valence-electron chi connectivity index (χ4n) is 3.51. The zero-order valence-corrected chi connectivity index (χ0v) is 20.1. The third-order valence-corrected chi connectivity index (χ3v) is 6.88. The Balaban J connectivity index is 1.46. The van der Waals surface area contributed by atoms with Gasteiger partial charge in [-0.05, 0) is 66.1 Å². The van der Waals surface area contributed by atoms with E-state index in [1.54, 1.807) is 24.3 Å². The second-order valence-corrected chi connectivity index (χ2v) is 9.82. The molecule has 4 aromatic rings. The van der Waals surface area contributed by atoms with Crippen LogP contribution < -0.4 is 14.8 Å². The molecule has 0 heterocycles. The maximum Gasteiger partial charge on any atom is 0.242 e. The zero-order valence-electron chi connectivity index (χ0n) is 19.3. The molecule has 0 saturated carbocycles. The van der Waals surface area contributed by atoms with Gasteiger partial charge in [-0.25, -0.2) is 12.8 Å². The quantitative estimate of drug-likeness (QED) is 0.321. The van der Waals surface area contributed by atoms with Gasteiger partial charge in [0.25, 0.3) is 0 Å². The molecule has 0 unspecified atom stereocenters. The Morgan fingerprint density at radius 2 is 1.36 bits per heavy atom. The van der Waals surface area contributed by atoms with Crippen LogP contribution in [-0.4, -0.2) is 20.4 Å². The predicted molar refractivity (Wildman–Crippen MR) is 137 cm³/mol. The van der Waals surface area contributed by atoms with E-state index in [0.29, 0.717) is 18.0 Å². The molecule has 0 spiro atoms. The number of halogens is 1. The van der Waals surface area contributed by atoms with Gasteiger partial charge in [-0.2, -0.15) is 4.72 Å². The van der Waals surface area contributed by atoms with Gasteiger partial charge in [0.15, 0.2) is 0 Å². The molecule has 0 bridgehead atoms. The molecule has 4 rings (SSSR count). The highest BCUT2D eigenvalue weighted by Crippen LogP contribution is 2.18. The van der Waals surface area contributed by atoms with E-state index in [1.165, 1.54) is 0 Å². The molecule has 0 saturated heterocycles. The molecule has 1 atom stereocenters. The summed E-state index contributed by atoms with van der Waals surface area (Å²) in [6.07, 6.45) is 0.130. The summed E-state index contributed by atoms with van der Waals surface area (Å²) < 4.78 is 47.3. The van der Waals surface area contributed by atoms with Crippen molar-refractivity contribution in [3.05, 3.63) is 126 Å². The number of ether oxygens (including phenoxy) is 1. The first-order valence-electron chi connectivity index (χ1n) is 11.3. The van der Waals surface area contributed by atoms with Crippen LogP contribution in [0.5, 0.6) is 5.75 Å². The third-order valence-electron chi connectivity index (χ3n) is 5.39. The summed E-state index contributed by atoms with van der Waals surface area (Å²) in [4.78, 5) is 13.0. The molecular weight excluding hydrogens is 479 g/mol. The van der Waals surface area contributed by atoms with E-state index in [2.05, 4.69) is 10.0 Å². The molecule has 0 aliphatic heterocycles. The van der Waals surface area contributed by atoms with Crippen LogP contribution in [0.15, 0.2) is 114 Å². The van der Waals surface area contributed by atoms with E-state index in [0.717, 1.165) is 35.4 Å². The number of nitrogens with one attached hydrogen (secondary N) is 2. The summed E-state index contributed by atoms with van der Waals surface area (Å²) in [5, 5.41) is 2.77. The minimum Gasteiger partial charge on any atom is -0.489 e. The molecular formula is C28H25FN2O4S. The van der Waals surface area contributed by atoms with Gasteiger partial charge in [0.05, 0.1) is 4.90 Å². The van der Waals surface area contributed by atoms with Crippen molar-refractivity contribution in [3.63, 3.8) is 0 Å². The highest BCUT2D eigenvalue weighted by molar-refractivity contribution is 7.89. The van der Waals surface area contributed by atoms with Gasteiger partial charge in [0.2, 0.25) is 15.9 Å².